The fourth-order valence-corrected chi connectivity index (χ4v) is 4.76. The molecule has 0 spiro atoms. The number of hydrogen-bond acceptors (Lipinski definition) is 3. The Bertz CT molecular complexity index is 574. The summed E-state index contributed by atoms with van der Waals surface area (Å²) in [7, 11) is -3.81. The Labute approximate surface area is 127 Å². The predicted octanol–water partition coefficient (Wildman–Crippen LogP) is 2.35. The lowest BCUT2D eigenvalue weighted by atomic mass is 10.2. The van der Waals surface area contributed by atoms with Crippen molar-refractivity contribution in [3.8, 4) is 0 Å². The van der Waals surface area contributed by atoms with E-state index >= 15 is 0 Å². The standard InChI is InChI=1S/C13H18BrFN2O2S/c1-2-7-17(11-5-6-16-9-11)20(18,19)13-8-10(14)3-4-12(13)15/h3-4,8,11,16H,2,5-7,9H2,1H3. The van der Waals surface area contributed by atoms with Gasteiger partial charge in [0.2, 0.25) is 10.0 Å². The van der Waals surface area contributed by atoms with E-state index in [1.807, 2.05) is 6.92 Å². The number of rotatable bonds is 5. The molecule has 1 aliphatic rings. The summed E-state index contributed by atoms with van der Waals surface area (Å²) in [6, 6.07) is 3.90. The maximum absolute atomic E-state index is 13.9. The molecule has 0 saturated carbocycles. The minimum Gasteiger partial charge on any atom is -0.315 e. The van der Waals surface area contributed by atoms with E-state index < -0.39 is 15.8 Å². The number of halogens is 2. The van der Waals surface area contributed by atoms with Crippen LogP contribution in [-0.2, 0) is 10.0 Å². The topological polar surface area (TPSA) is 49.4 Å². The molecule has 7 heteroatoms. The number of benzene rings is 1. The molecule has 0 bridgehead atoms. The lowest BCUT2D eigenvalue weighted by Crippen LogP contribution is -2.42. The largest absolute Gasteiger partial charge is 0.315 e. The van der Waals surface area contributed by atoms with Gasteiger partial charge in [0.05, 0.1) is 0 Å². The third-order valence-corrected chi connectivity index (χ3v) is 5.83. The molecule has 1 aromatic rings. The average molecular weight is 365 g/mol. The van der Waals surface area contributed by atoms with Gasteiger partial charge >= 0.3 is 0 Å². The van der Waals surface area contributed by atoms with Gasteiger partial charge in [-0.15, -0.1) is 0 Å². The zero-order chi connectivity index (χ0) is 14.8. The first-order valence-electron chi connectivity index (χ1n) is 6.64. The second kappa shape index (κ2) is 6.51. The minimum absolute atomic E-state index is 0.0988. The fourth-order valence-electron chi connectivity index (χ4n) is 2.41. The maximum atomic E-state index is 13.9. The second-order valence-corrected chi connectivity index (χ2v) is 7.61. The Hall–Kier alpha value is -0.500. The molecule has 1 aliphatic heterocycles. The lowest BCUT2D eigenvalue weighted by molar-refractivity contribution is 0.333. The Morgan fingerprint density at radius 3 is 2.85 bits per heavy atom. The Morgan fingerprint density at radius 2 is 2.25 bits per heavy atom. The van der Waals surface area contributed by atoms with E-state index in [9.17, 15) is 12.8 Å². The van der Waals surface area contributed by atoms with Crippen LogP contribution < -0.4 is 5.32 Å². The summed E-state index contributed by atoms with van der Waals surface area (Å²) in [6.45, 7) is 3.74. The molecule has 1 aromatic carbocycles. The third-order valence-electron chi connectivity index (χ3n) is 3.37. The summed E-state index contributed by atoms with van der Waals surface area (Å²) in [6.07, 6.45) is 1.46. The molecule has 0 radical (unpaired) electrons. The van der Waals surface area contributed by atoms with Gasteiger partial charge in [-0.1, -0.05) is 22.9 Å². The van der Waals surface area contributed by atoms with Gasteiger partial charge in [-0.25, -0.2) is 12.8 Å². The van der Waals surface area contributed by atoms with Gasteiger partial charge in [0.25, 0.3) is 0 Å². The van der Waals surface area contributed by atoms with Crippen LogP contribution in [0.1, 0.15) is 19.8 Å². The highest BCUT2D eigenvalue weighted by atomic mass is 79.9. The van der Waals surface area contributed by atoms with Crippen molar-refractivity contribution < 1.29 is 12.8 Å². The van der Waals surface area contributed by atoms with Gasteiger partial charge in [0.15, 0.2) is 0 Å². The van der Waals surface area contributed by atoms with Crippen molar-refractivity contribution in [3.05, 3.63) is 28.5 Å². The van der Waals surface area contributed by atoms with Crippen molar-refractivity contribution in [1.82, 2.24) is 9.62 Å². The van der Waals surface area contributed by atoms with Gasteiger partial charge in [-0.2, -0.15) is 4.31 Å². The first kappa shape index (κ1) is 15.9. The van der Waals surface area contributed by atoms with Crippen molar-refractivity contribution >= 4 is 26.0 Å². The average Bonchev–Trinajstić information content (AvgIpc) is 2.92. The first-order valence-corrected chi connectivity index (χ1v) is 8.87. The highest BCUT2D eigenvalue weighted by molar-refractivity contribution is 9.10. The van der Waals surface area contributed by atoms with Gasteiger partial charge in [-0.05, 0) is 37.6 Å². The molecule has 1 fully saturated rings. The Balaban J connectivity index is 2.41. The Kier molecular flexibility index (Phi) is 5.17. The molecule has 20 heavy (non-hydrogen) atoms. The quantitative estimate of drug-likeness (QED) is 0.872. The van der Waals surface area contributed by atoms with E-state index in [0.29, 0.717) is 24.0 Å². The highest BCUT2D eigenvalue weighted by Gasteiger charge is 2.34. The van der Waals surface area contributed by atoms with Gasteiger partial charge in [0, 0.05) is 23.6 Å². The van der Waals surface area contributed by atoms with E-state index in [4.69, 9.17) is 0 Å². The molecule has 0 aliphatic carbocycles. The van der Waals surface area contributed by atoms with Gasteiger partial charge < -0.3 is 5.32 Å². The van der Waals surface area contributed by atoms with Crippen molar-refractivity contribution in [2.75, 3.05) is 19.6 Å². The smallest absolute Gasteiger partial charge is 0.246 e. The van der Waals surface area contributed by atoms with Crippen LogP contribution >= 0.6 is 15.9 Å². The van der Waals surface area contributed by atoms with E-state index in [2.05, 4.69) is 21.2 Å². The van der Waals surface area contributed by atoms with Crippen LogP contribution in [0.3, 0.4) is 0 Å². The summed E-state index contributed by atoms with van der Waals surface area (Å²) < 4.78 is 41.3. The number of hydrogen-bond donors (Lipinski definition) is 1. The molecule has 0 aromatic heterocycles. The number of sulfonamides is 1. The summed E-state index contributed by atoms with van der Waals surface area (Å²) in [5.41, 5.74) is 0. The molecular formula is C13H18BrFN2O2S. The molecule has 1 unspecified atom stereocenters. The molecule has 1 atom stereocenters. The van der Waals surface area contributed by atoms with Crippen LogP contribution in [0.4, 0.5) is 4.39 Å². The SMILES string of the molecule is CCCN(C1CCNC1)S(=O)(=O)c1cc(Br)ccc1F. The molecule has 0 amide bonds. The van der Waals surface area contributed by atoms with Crippen LogP contribution in [0, 0.1) is 5.82 Å². The Morgan fingerprint density at radius 1 is 1.50 bits per heavy atom. The molecular weight excluding hydrogens is 347 g/mol. The van der Waals surface area contributed by atoms with E-state index in [1.54, 1.807) is 0 Å². The molecule has 1 heterocycles. The van der Waals surface area contributed by atoms with Gasteiger partial charge in [0.1, 0.15) is 10.7 Å². The van der Waals surface area contributed by atoms with Crippen LogP contribution in [-0.4, -0.2) is 38.4 Å². The lowest BCUT2D eigenvalue weighted by Gasteiger charge is -2.27. The summed E-state index contributed by atoms with van der Waals surface area (Å²) >= 11 is 3.20. The summed E-state index contributed by atoms with van der Waals surface area (Å²) in [4.78, 5) is -0.257. The van der Waals surface area contributed by atoms with Crippen LogP contribution in [0.15, 0.2) is 27.6 Å². The molecule has 1 N–H and O–H groups in total. The van der Waals surface area contributed by atoms with Gasteiger partial charge in [-0.3, -0.25) is 0 Å². The van der Waals surface area contributed by atoms with E-state index in [-0.39, 0.29) is 10.9 Å². The fraction of sp³-hybridized carbons (Fsp3) is 0.538. The normalized spacial score (nSPS) is 19.7. The maximum Gasteiger partial charge on any atom is 0.246 e. The van der Waals surface area contributed by atoms with Crippen molar-refractivity contribution in [2.24, 2.45) is 0 Å². The highest BCUT2D eigenvalue weighted by Crippen LogP contribution is 2.26. The van der Waals surface area contributed by atoms with E-state index in [1.165, 1.54) is 22.5 Å². The molecule has 112 valence electrons. The first-order chi connectivity index (χ1) is 9.46. The molecule has 1 saturated heterocycles. The van der Waals surface area contributed by atoms with E-state index in [0.717, 1.165) is 13.0 Å². The number of nitrogens with zero attached hydrogens (tertiary/aromatic N) is 1. The number of nitrogens with one attached hydrogen (secondary N) is 1. The van der Waals surface area contributed by atoms with Crippen LogP contribution in [0.25, 0.3) is 0 Å². The van der Waals surface area contributed by atoms with Crippen molar-refractivity contribution in [3.63, 3.8) is 0 Å². The predicted molar refractivity (Wildman–Crippen MR) is 79.6 cm³/mol. The second-order valence-electron chi connectivity index (χ2n) is 4.84. The summed E-state index contributed by atoms with van der Waals surface area (Å²) in [5, 5.41) is 3.15. The van der Waals surface area contributed by atoms with Crippen LogP contribution in [0.2, 0.25) is 0 Å². The van der Waals surface area contributed by atoms with Crippen molar-refractivity contribution in [2.45, 2.75) is 30.7 Å². The summed E-state index contributed by atoms with van der Waals surface area (Å²) in [5.74, 6) is -0.708. The monoisotopic (exact) mass is 364 g/mol. The third kappa shape index (κ3) is 3.21. The molecule has 2 rings (SSSR count). The van der Waals surface area contributed by atoms with Crippen molar-refractivity contribution in [1.29, 1.82) is 0 Å². The minimum atomic E-state index is -3.81. The zero-order valence-electron chi connectivity index (χ0n) is 11.3. The van der Waals surface area contributed by atoms with Crippen LogP contribution in [0.5, 0.6) is 0 Å². The zero-order valence-corrected chi connectivity index (χ0v) is 13.7. The molecule has 4 nitrogen and oxygen atoms in total.